The van der Waals surface area contributed by atoms with E-state index in [4.69, 9.17) is 0 Å². The molecule has 0 aliphatic heterocycles. The van der Waals surface area contributed by atoms with Crippen LogP contribution >= 0.6 is 11.3 Å². The molecule has 0 atom stereocenters. The molecule has 2 N–H and O–H groups in total. The zero-order valence-corrected chi connectivity index (χ0v) is 16.4. The fourth-order valence-electron chi connectivity index (χ4n) is 2.50. The van der Waals surface area contributed by atoms with Gasteiger partial charge in [0.1, 0.15) is 15.8 Å². The van der Waals surface area contributed by atoms with Crippen molar-refractivity contribution in [3.05, 3.63) is 52.1 Å². The van der Waals surface area contributed by atoms with Gasteiger partial charge >= 0.3 is 0 Å². The summed E-state index contributed by atoms with van der Waals surface area (Å²) in [5, 5.41) is 16.1. The molecule has 27 heavy (non-hydrogen) atoms. The highest BCUT2D eigenvalue weighted by molar-refractivity contribution is 7.11. The van der Waals surface area contributed by atoms with Crippen LogP contribution in [0.15, 0.2) is 36.5 Å². The minimum atomic E-state index is -0.130. The Kier molecular flexibility index (Phi) is 6.08. The summed E-state index contributed by atoms with van der Waals surface area (Å²) in [7, 11) is 0. The lowest BCUT2D eigenvalue weighted by molar-refractivity contribution is 0.0954. The number of aromatic nitrogens is 4. The Balaban J connectivity index is 1.66. The largest absolute Gasteiger partial charge is 0.368 e. The van der Waals surface area contributed by atoms with Crippen LogP contribution < -0.4 is 10.6 Å². The van der Waals surface area contributed by atoms with Crippen molar-refractivity contribution in [2.75, 3.05) is 11.9 Å². The number of aryl methyl sites for hydroxylation is 1. The van der Waals surface area contributed by atoms with Crippen LogP contribution in [-0.4, -0.2) is 38.7 Å². The molecule has 0 radical (unpaired) electrons. The van der Waals surface area contributed by atoms with Crippen molar-refractivity contribution in [3.63, 3.8) is 0 Å². The number of carbonyl (C=O) groups is 1. The number of nitrogens with one attached hydrogen (secondary N) is 2. The zero-order chi connectivity index (χ0) is 19.2. The number of rotatable bonds is 7. The van der Waals surface area contributed by atoms with E-state index in [-0.39, 0.29) is 11.9 Å². The second-order valence-corrected chi connectivity index (χ2v) is 7.63. The van der Waals surface area contributed by atoms with Gasteiger partial charge in [0.25, 0.3) is 5.91 Å². The van der Waals surface area contributed by atoms with E-state index in [1.165, 1.54) is 0 Å². The van der Waals surface area contributed by atoms with Crippen molar-refractivity contribution in [2.24, 2.45) is 0 Å². The average molecular weight is 382 g/mol. The molecule has 0 spiro atoms. The monoisotopic (exact) mass is 382 g/mol. The van der Waals surface area contributed by atoms with Gasteiger partial charge < -0.3 is 10.6 Å². The molecular formula is C19H22N6OS. The average Bonchev–Trinajstić information content (AvgIpc) is 3.06. The van der Waals surface area contributed by atoms with Gasteiger partial charge in [-0.05, 0) is 39.0 Å². The molecule has 1 amide bonds. The summed E-state index contributed by atoms with van der Waals surface area (Å²) in [4.78, 5) is 21.3. The minimum absolute atomic E-state index is 0.130. The first kappa shape index (κ1) is 18.9. The molecule has 0 saturated carbocycles. The second-order valence-electron chi connectivity index (χ2n) is 6.37. The van der Waals surface area contributed by atoms with E-state index < -0.39 is 0 Å². The Morgan fingerprint density at radius 2 is 2.07 bits per heavy atom. The molecule has 2 heterocycles. The van der Waals surface area contributed by atoms with Crippen molar-refractivity contribution in [1.82, 2.24) is 25.5 Å². The Morgan fingerprint density at radius 3 is 2.81 bits per heavy atom. The molecule has 0 aliphatic rings. The lowest BCUT2D eigenvalue weighted by Crippen LogP contribution is -2.25. The Bertz CT molecular complexity index is 924. The van der Waals surface area contributed by atoms with Gasteiger partial charge in [0.2, 0.25) is 0 Å². The van der Waals surface area contributed by atoms with Crippen LogP contribution in [0.4, 0.5) is 5.82 Å². The van der Waals surface area contributed by atoms with Crippen LogP contribution in [0.2, 0.25) is 0 Å². The van der Waals surface area contributed by atoms with Crippen LogP contribution in [-0.2, 0) is 6.42 Å². The van der Waals surface area contributed by atoms with Crippen molar-refractivity contribution < 1.29 is 4.79 Å². The van der Waals surface area contributed by atoms with Gasteiger partial charge in [0.15, 0.2) is 5.82 Å². The van der Waals surface area contributed by atoms with Gasteiger partial charge in [0.05, 0.1) is 0 Å². The molecule has 140 valence electrons. The first-order valence-electron chi connectivity index (χ1n) is 8.78. The fraction of sp³-hybridized carbons (Fsp3) is 0.316. The number of amides is 1. The van der Waals surface area contributed by atoms with Crippen LogP contribution in [0, 0.1) is 6.92 Å². The molecule has 3 rings (SSSR count). The van der Waals surface area contributed by atoms with Gasteiger partial charge in [-0.3, -0.25) is 4.79 Å². The number of benzene rings is 1. The van der Waals surface area contributed by atoms with Crippen LogP contribution in [0.5, 0.6) is 0 Å². The predicted molar refractivity (Wildman–Crippen MR) is 107 cm³/mol. The molecule has 0 bridgehead atoms. The molecule has 7 nitrogen and oxygen atoms in total. The van der Waals surface area contributed by atoms with Crippen molar-refractivity contribution in [3.8, 4) is 11.4 Å². The third kappa shape index (κ3) is 5.30. The molecule has 0 saturated heterocycles. The highest BCUT2D eigenvalue weighted by atomic mass is 32.1. The molecule has 3 aromatic rings. The van der Waals surface area contributed by atoms with Gasteiger partial charge in [0, 0.05) is 36.3 Å². The van der Waals surface area contributed by atoms with E-state index in [2.05, 4.69) is 44.6 Å². The summed E-state index contributed by atoms with van der Waals surface area (Å²) >= 11 is 1.54. The normalized spacial score (nSPS) is 10.8. The van der Waals surface area contributed by atoms with E-state index in [1.807, 2.05) is 25.1 Å². The number of hydrogen-bond donors (Lipinski definition) is 2. The van der Waals surface area contributed by atoms with E-state index in [9.17, 15) is 4.79 Å². The van der Waals surface area contributed by atoms with E-state index in [1.54, 1.807) is 29.7 Å². The molecule has 1 aromatic carbocycles. The fourth-order valence-corrected chi connectivity index (χ4v) is 3.21. The van der Waals surface area contributed by atoms with E-state index in [0.717, 1.165) is 21.4 Å². The summed E-state index contributed by atoms with van der Waals surface area (Å²) in [5.74, 6) is 1.21. The summed E-state index contributed by atoms with van der Waals surface area (Å²) in [6.07, 6.45) is 2.38. The van der Waals surface area contributed by atoms with Gasteiger partial charge in [-0.2, -0.15) is 0 Å². The summed E-state index contributed by atoms with van der Waals surface area (Å²) in [6, 6.07) is 9.43. The molecule has 2 aromatic heterocycles. The maximum Gasteiger partial charge on any atom is 0.251 e. The van der Waals surface area contributed by atoms with E-state index >= 15 is 0 Å². The predicted octanol–water partition coefficient (Wildman–Crippen LogP) is 3.10. The summed E-state index contributed by atoms with van der Waals surface area (Å²) in [6.45, 7) is 6.53. The molecule has 8 heteroatoms. The summed E-state index contributed by atoms with van der Waals surface area (Å²) in [5.41, 5.74) is 1.38. The van der Waals surface area contributed by atoms with Crippen molar-refractivity contribution >= 4 is 23.1 Å². The number of carbonyl (C=O) groups excluding carboxylic acids is 1. The third-order valence-corrected chi connectivity index (χ3v) is 4.57. The van der Waals surface area contributed by atoms with Gasteiger partial charge in [-0.25, -0.2) is 9.97 Å². The SMILES string of the molecule is Cc1nnc(CCNC(=O)c2cccc(-c3nccc(NC(C)C)n3)c2)s1. The van der Waals surface area contributed by atoms with Crippen LogP contribution in [0.1, 0.15) is 34.2 Å². The van der Waals surface area contributed by atoms with Gasteiger partial charge in [-0.1, -0.05) is 12.1 Å². The van der Waals surface area contributed by atoms with Crippen LogP contribution in [0.25, 0.3) is 11.4 Å². The number of nitrogens with zero attached hydrogens (tertiary/aromatic N) is 4. The Morgan fingerprint density at radius 1 is 1.22 bits per heavy atom. The molecule has 0 unspecified atom stereocenters. The first-order valence-corrected chi connectivity index (χ1v) is 9.60. The lowest BCUT2D eigenvalue weighted by atomic mass is 10.1. The van der Waals surface area contributed by atoms with Crippen molar-refractivity contribution in [1.29, 1.82) is 0 Å². The first-order chi connectivity index (χ1) is 13.0. The quantitative estimate of drug-likeness (QED) is 0.652. The third-order valence-electron chi connectivity index (χ3n) is 3.67. The zero-order valence-electron chi connectivity index (χ0n) is 15.6. The molecule has 0 fully saturated rings. The second kappa shape index (κ2) is 8.68. The summed E-state index contributed by atoms with van der Waals surface area (Å²) < 4.78 is 0. The Labute approximate surface area is 162 Å². The number of hydrogen-bond acceptors (Lipinski definition) is 7. The van der Waals surface area contributed by atoms with Crippen LogP contribution in [0.3, 0.4) is 0 Å². The highest BCUT2D eigenvalue weighted by Crippen LogP contribution is 2.18. The minimum Gasteiger partial charge on any atom is -0.368 e. The molecular weight excluding hydrogens is 360 g/mol. The van der Waals surface area contributed by atoms with Crippen molar-refractivity contribution in [2.45, 2.75) is 33.2 Å². The van der Waals surface area contributed by atoms with E-state index in [0.29, 0.717) is 24.4 Å². The number of anilines is 1. The molecule has 0 aliphatic carbocycles. The Hall–Kier alpha value is -2.87. The lowest BCUT2D eigenvalue weighted by Gasteiger charge is -2.10. The maximum atomic E-state index is 12.4. The highest BCUT2D eigenvalue weighted by Gasteiger charge is 2.10. The van der Waals surface area contributed by atoms with Gasteiger partial charge in [-0.15, -0.1) is 21.5 Å². The topological polar surface area (TPSA) is 92.7 Å². The maximum absolute atomic E-state index is 12.4. The standard InChI is InChI=1S/C19H22N6OS/c1-12(2)22-16-7-9-20-18(23-16)14-5-4-6-15(11-14)19(26)21-10-8-17-25-24-13(3)27-17/h4-7,9,11-12H,8,10H2,1-3H3,(H,21,26)(H,20,22,23). The smallest absolute Gasteiger partial charge is 0.251 e.